The van der Waals surface area contributed by atoms with E-state index in [0.717, 1.165) is 37.7 Å². The second-order valence-corrected chi connectivity index (χ2v) is 7.11. The molecule has 0 spiro atoms. The molecule has 0 heterocycles. The van der Waals surface area contributed by atoms with Crippen LogP contribution >= 0.6 is 11.6 Å². The van der Waals surface area contributed by atoms with Gasteiger partial charge in [-0.25, -0.2) is 0 Å². The van der Waals surface area contributed by atoms with E-state index in [9.17, 15) is 4.79 Å². The topological polar surface area (TPSA) is 47.6 Å². The molecule has 0 bridgehead atoms. The summed E-state index contributed by atoms with van der Waals surface area (Å²) in [6.45, 7) is 0. The van der Waals surface area contributed by atoms with Crippen LogP contribution in [-0.2, 0) is 10.2 Å². The molecule has 1 fully saturated rings. The van der Waals surface area contributed by atoms with Gasteiger partial charge in [-0.3, -0.25) is 4.79 Å². The molecule has 138 valence electrons. The molecule has 0 atom stereocenters. The molecule has 0 saturated heterocycles. The number of hydrogen-bond donors (Lipinski definition) is 1. The number of halogens is 1. The fraction of sp³-hybridized carbons (Fsp3) is 0.381. The van der Waals surface area contributed by atoms with Crippen molar-refractivity contribution in [2.45, 2.75) is 37.5 Å². The number of methoxy groups -OCH3 is 2. The third-order valence-electron chi connectivity index (χ3n) is 5.17. The Morgan fingerprint density at radius 3 is 2.46 bits per heavy atom. The number of ether oxygens (including phenoxy) is 2. The van der Waals surface area contributed by atoms with Crippen molar-refractivity contribution < 1.29 is 14.3 Å². The Labute approximate surface area is 159 Å². The van der Waals surface area contributed by atoms with Gasteiger partial charge < -0.3 is 14.8 Å². The first-order valence-electron chi connectivity index (χ1n) is 8.88. The molecule has 26 heavy (non-hydrogen) atoms. The largest absolute Gasteiger partial charge is 0.497 e. The van der Waals surface area contributed by atoms with E-state index in [4.69, 9.17) is 21.1 Å². The normalized spacial score (nSPS) is 16.0. The van der Waals surface area contributed by atoms with Crippen molar-refractivity contribution in [2.75, 3.05) is 19.5 Å². The summed E-state index contributed by atoms with van der Waals surface area (Å²) in [4.78, 5) is 13.4. The summed E-state index contributed by atoms with van der Waals surface area (Å²) in [7, 11) is 3.19. The maximum atomic E-state index is 13.4. The van der Waals surface area contributed by atoms with Crippen LogP contribution in [0.15, 0.2) is 42.5 Å². The molecule has 4 nitrogen and oxygen atoms in total. The van der Waals surface area contributed by atoms with Gasteiger partial charge in [0, 0.05) is 11.1 Å². The number of nitrogens with one attached hydrogen (secondary N) is 1. The Balaban J connectivity index is 1.97. The number of benzene rings is 2. The minimum absolute atomic E-state index is 0.0222. The number of hydrogen-bond acceptors (Lipinski definition) is 3. The van der Waals surface area contributed by atoms with Gasteiger partial charge in [0.1, 0.15) is 11.5 Å². The molecule has 0 radical (unpaired) electrons. The first-order chi connectivity index (χ1) is 12.6. The molecule has 0 aromatic heterocycles. The third kappa shape index (κ3) is 3.65. The van der Waals surface area contributed by atoms with Gasteiger partial charge >= 0.3 is 0 Å². The van der Waals surface area contributed by atoms with Crippen molar-refractivity contribution in [3.8, 4) is 11.5 Å². The van der Waals surface area contributed by atoms with Crippen LogP contribution < -0.4 is 14.8 Å². The van der Waals surface area contributed by atoms with E-state index in [1.54, 1.807) is 26.4 Å². The van der Waals surface area contributed by atoms with Gasteiger partial charge in [-0.15, -0.1) is 0 Å². The molecule has 3 rings (SSSR count). The zero-order valence-electron chi connectivity index (χ0n) is 15.2. The van der Waals surface area contributed by atoms with Gasteiger partial charge in [-0.1, -0.05) is 43.0 Å². The fourth-order valence-electron chi connectivity index (χ4n) is 3.74. The molecule has 1 aliphatic carbocycles. The highest BCUT2D eigenvalue weighted by molar-refractivity contribution is 6.30. The zero-order chi connectivity index (χ0) is 18.6. The summed E-state index contributed by atoms with van der Waals surface area (Å²) in [5.74, 6) is 1.25. The average Bonchev–Trinajstić information content (AvgIpc) is 2.68. The van der Waals surface area contributed by atoms with Crippen LogP contribution in [0.4, 0.5) is 5.69 Å². The minimum Gasteiger partial charge on any atom is -0.497 e. The Hall–Kier alpha value is -2.20. The van der Waals surface area contributed by atoms with E-state index >= 15 is 0 Å². The van der Waals surface area contributed by atoms with Crippen molar-refractivity contribution in [2.24, 2.45) is 0 Å². The predicted octanol–water partition coefficient (Wildman–Crippen LogP) is 5.20. The van der Waals surface area contributed by atoms with Crippen molar-refractivity contribution >= 4 is 23.2 Å². The molecule has 2 aromatic rings. The Kier molecular flexibility index (Phi) is 5.72. The molecule has 1 saturated carbocycles. The van der Waals surface area contributed by atoms with Crippen LogP contribution in [0.25, 0.3) is 0 Å². The summed E-state index contributed by atoms with van der Waals surface area (Å²) in [5, 5.41) is 3.73. The lowest BCUT2D eigenvalue weighted by Gasteiger charge is -2.36. The van der Waals surface area contributed by atoms with Crippen LogP contribution in [0.3, 0.4) is 0 Å². The first kappa shape index (κ1) is 18.6. The highest BCUT2D eigenvalue weighted by Crippen LogP contribution is 2.42. The summed E-state index contributed by atoms with van der Waals surface area (Å²) in [5.41, 5.74) is 1.02. The summed E-state index contributed by atoms with van der Waals surface area (Å²) in [6, 6.07) is 13.0. The maximum absolute atomic E-state index is 13.4. The van der Waals surface area contributed by atoms with Crippen molar-refractivity contribution in [3.63, 3.8) is 0 Å². The van der Waals surface area contributed by atoms with Gasteiger partial charge in [-0.05, 0) is 42.7 Å². The molecule has 1 aliphatic rings. The molecule has 0 aliphatic heterocycles. The standard InChI is InChI=1S/C21H24ClNO3/c1-25-17-9-10-19(26-2)18(14-17)23-20(24)21(11-4-3-5-12-21)15-7-6-8-16(22)13-15/h6-10,13-14H,3-5,11-12H2,1-2H3,(H,23,24). The Morgan fingerprint density at radius 2 is 1.81 bits per heavy atom. The SMILES string of the molecule is COc1ccc(OC)c(NC(=O)C2(c3cccc(Cl)c3)CCCCC2)c1. The van der Waals surface area contributed by atoms with Gasteiger partial charge in [0.2, 0.25) is 5.91 Å². The lowest BCUT2D eigenvalue weighted by molar-refractivity contribution is -0.122. The van der Waals surface area contributed by atoms with Crippen molar-refractivity contribution in [3.05, 3.63) is 53.1 Å². The predicted molar refractivity (Wildman–Crippen MR) is 104 cm³/mol. The molecular weight excluding hydrogens is 350 g/mol. The second kappa shape index (κ2) is 8.00. The van der Waals surface area contributed by atoms with Gasteiger partial charge in [0.05, 0.1) is 25.3 Å². The van der Waals surface area contributed by atoms with Crippen LogP contribution in [0, 0.1) is 0 Å². The Morgan fingerprint density at radius 1 is 1.04 bits per heavy atom. The van der Waals surface area contributed by atoms with E-state index in [1.165, 1.54) is 0 Å². The van der Waals surface area contributed by atoms with E-state index in [1.807, 2.05) is 30.3 Å². The highest BCUT2D eigenvalue weighted by Gasteiger charge is 2.41. The van der Waals surface area contributed by atoms with Gasteiger partial charge in [0.15, 0.2) is 0 Å². The van der Waals surface area contributed by atoms with Crippen molar-refractivity contribution in [1.82, 2.24) is 0 Å². The molecule has 2 aromatic carbocycles. The summed E-state index contributed by atoms with van der Waals surface area (Å²) in [6.07, 6.45) is 4.82. The number of amides is 1. The summed E-state index contributed by atoms with van der Waals surface area (Å²) < 4.78 is 10.7. The first-order valence-corrected chi connectivity index (χ1v) is 9.26. The molecule has 0 unspecified atom stereocenters. The lowest BCUT2D eigenvalue weighted by atomic mass is 9.68. The van der Waals surface area contributed by atoms with Crippen LogP contribution in [-0.4, -0.2) is 20.1 Å². The Bertz CT molecular complexity index is 785. The van der Waals surface area contributed by atoms with Crippen molar-refractivity contribution in [1.29, 1.82) is 0 Å². The highest BCUT2D eigenvalue weighted by atomic mass is 35.5. The van der Waals surface area contributed by atoms with E-state index < -0.39 is 5.41 Å². The maximum Gasteiger partial charge on any atom is 0.235 e. The van der Waals surface area contributed by atoms with Crippen LogP contribution in [0.5, 0.6) is 11.5 Å². The fourth-order valence-corrected chi connectivity index (χ4v) is 3.93. The zero-order valence-corrected chi connectivity index (χ0v) is 15.9. The lowest BCUT2D eigenvalue weighted by Crippen LogP contribution is -2.42. The average molecular weight is 374 g/mol. The smallest absolute Gasteiger partial charge is 0.235 e. The van der Waals surface area contributed by atoms with Gasteiger partial charge in [-0.2, -0.15) is 0 Å². The molecule has 5 heteroatoms. The van der Waals surface area contributed by atoms with E-state index in [0.29, 0.717) is 22.2 Å². The third-order valence-corrected chi connectivity index (χ3v) is 5.41. The number of rotatable bonds is 5. The van der Waals surface area contributed by atoms with Gasteiger partial charge in [0.25, 0.3) is 0 Å². The molecule has 1 N–H and O–H groups in total. The molecule has 1 amide bonds. The van der Waals surface area contributed by atoms with E-state index in [-0.39, 0.29) is 5.91 Å². The number of carbonyl (C=O) groups is 1. The monoisotopic (exact) mass is 373 g/mol. The second-order valence-electron chi connectivity index (χ2n) is 6.67. The van der Waals surface area contributed by atoms with Crippen LogP contribution in [0.2, 0.25) is 5.02 Å². The number of carbonyl (C=O) groups excluding carboxylic acids is 1. The minimum atomic E-state index is -0.572. The van der Waals surface area contributed by atoms with Crippen LogP contribution in [0.1, 0.15) is 37.7 Å². The summed E-state index contributed by atoms with van der Waals surface area (Å²) >= 11 is 6.21. The number of anilines is 1. The quantitative estimate of drug-likeness (QED) is 0.783. The van der Waals surface area contributed by atoms with E-state index in [2.05, 4.69) is 5.32 Å². The molecular formula is C21H24ClNO3.